The molecule has 8 heteroatoms. The van der Waals surface area contributed by atoms with E-state index < -0.39 is 17.9 Å². The van der Waals surface area contributed by atoms with Crippen molar-refractivity contribution in [2.24, 2.45) is 16.8 Å². The highest BCUT2D eigenvalue weighted by Gasteiger charge is 2.44. The zero-order chi connectivity index (χ0) is 13.9. The minimum Gasteiger partial charge on any atom is -0.409 e. The van der Waals surface area contributed by atoms with E-state index in [9.17, 15) is 13.2 Å². The van der Waals surface area contributed by atoms with Crippen LogP contribution in [0.15, 0.2) is 5.16 Å². The van der Waals surface area contributed by atoms with Crippen molar-refractivity contribution in [1.82, 2.24) is 4.90 Å². The summed E-state index contributed by atoms with van der Waals surface area (Å²) in [4.78, 5) is 1.64. The lowest BCUT2D eigenvalue weighted by Crippen LogP contribution is -2.53. The Labute approximate surface area is 103 Å². The zero-order valence-electron chi connectivity index (χ0n) is 10.3. The fourth-order valence-corrected chi connectivity index (χ4v) is 1.90. The molecule has 0 spiro atoms. The van der Waals surface area contributed by atoms with Crippen molar-refractivity contribution in [3.05, 3.63) is 0 Å². The van der Waals surface area contributed by atoms with Crippen LogP contribution in [0.2, 0.25) is 0 Å². The number of amidine groups is 1. The van der Waals surface area contributed by atoms with Gasteiger partial charge in [0.25, 0.3) is 0 Å². The summed E-state index contributed by atoms with van der Waals surface area (Å²) >= 11 is 0. The SMILES string of the molecule is CC1CN(CC(C(N)=NO)C(F)(F)F)C(C)CO1. The van der Waals surface area contributed by atoms with Crippen LogP contribution in [0.1, 0.15) is 13.8 Å². The van der Waals surface area contributed by atoms with Gasteiger partial charge in [-0.3, -0.25) is 4.90 Å². The molecule has 18 heavy (non-hydrogen) atoms. The number of alkyl halides is 3. The maximum atomic E-state index is 12.8. The van der Waals surface area contributed by atoms with E-state index in [1.54, 1.807) is 18.7 Å². The lowest BCUT2D eigenvalue weighted by molar-refractivity contribution is -0.166. The van der Waals surface area contributed by atoms with Gasteiger partial charge in [0.2, 0.25) is 0 Å². The van der Waals surface area contributed by atoms with Gasteiger partial charge in [0, 0.05) is 19.1 Å². The first kappa shape index (κ1) is 15.0. The maximum Gasteiger partial charge on any atom is 0.400 e. The van der Waals surface area contributed by atoms with Crippen molar-refractivity contribution in [3.63, 3.8) is 0 Å². The first-order valence-electron chi connectivity index (χ1n) is 5.65. The quantitative estimate of drug-likeness (QED) is 0.347. The molecule has 0 aliphatic carbocycles. The van der Waals surface area contributed by atoms with Crippen LogP contribution < -0.4 is 5.73 Å². The van der Waals surface area contributed by atoms with Gasteiger partial charge in [-0.25, -0.2) is 0 Å². The predicted molar refractivity (Wildman–Crippen MR) is 59.4 cm³/mol. The number of halogens is 3. The first-order valence-corrected chi connectivity index (χ1v) is 5.65. The normalized spacial score (nSPS) is 29.3. The number of hydrogen-bond acceptors (Lipinski definition) is 4. The molecule has 0 aromatic heterocycles. The molecule has 1 rings (SSSR count). The highest BCUT2D eigenvalue weighted by Crippen LogP contribution is 2.28. The number of rotatable bonds is 3. The Bertz CT molecular complexity index is 309. The summed E-state index contributed by atoms with van der Waals surface area (Å²) in [6.07, 6.45) is -4.65. The third-order valence-electron chi connectivity index (χ3n) is 3.02. The van der Waals surface area contributed by atoms with Gasteiger partial charge in [-0.2, -0.15) is 13.2 Å². The average molecular weight is 269 g/mol. The Morgan fingerprint density at radius 2 is 2.17 bits per heavy atom. The number of hydrogen-bond donors (Lipinski definition) is 2. The van der Waals surface area contributed by atoms with Gasteiger partial charge >= 0.3 is 6.18 Å². The van der Waals surface area contributed by atoms with Crippen molar-refractivity contribution in [2.75, 3.05) is 19.7 Å². The molecular formula is C10H18F3N3O2. The number of morpholine rings is 1. The molecule has 1 saturated heterocycles. The summed E-state index contributed by atoms with van der Waals surface area (Å²) < 4.78 is 43.8. The summed E-state index contributed by atoms with van der Waals surface area (Å²) in [5, 5.41) is 10.9. The first-order chi connectivity index (χ1) is 8.25. The van der Waals surface area contributed by atoms with E-state index in [1.807, 2.05) is 0 Å². The van der Waals surface area contributed by atoms with E-state index >= 15 is 0 Å². The minimum absolute atomic E-state index is 0.123. The molecule has 3 atom stereocenters. The van der Waals surface area contributed by atoms with Crippen LogP contribution in [0.5, 0.6) is 0 Å². The Kier molecular flexibility index (Phi) is 4.80. The van der Waals surface area contributed by atoms with Gasteiger partial charge in [0.05, 0.1) is 12.7 Å². The second-order valence-corrected chi connectivity index (χ2v) is 4.57. The van der Waals surface area contributed by atoms with E-state index in [1.165, 1.54) is 0 Å². The van der Waals surface area contributed by atoms with E-state index in [-0.39, 0.29) is 18.7 Å². The number of nitrogens with zero attached hydrogens (tertiary/aromatic N) is 2. The molecule has 0 radical (unpaired) electrons. The third kappa shape index (κ3) is 3.74. The van der Waals surface area contributed by atoms with Gasteiger partial charge in [0.15, 0.2) is 5.84 Å². The summed E-state index contributed by atoms with van der Waals surface area (Å²) in [6, 6.07) is -0.127. The second kappa shape index (κ2) is 5.75. The van der Waals surface area contributed by atoms with Crippen LogP contribution in [0.4, 0.5) is 13.2 Å². The lowest BCUT2D eigenvalue weighted by Gasteiger charge is -2.38. The Morgan fingerprint density at radius 3 is 2.67 bits per heavy atom. The number of oxime groups is 1. The van der Waals surface area contributed by atoms with Crippen LogP contribution in [0, 0.1) is 5.92 Å². The van der Waals surface area contributed by atoms with Crippen molar-refractivity contribution < 1.29 is 23.1 Å². The summed E-state index contributed by atoms with van der Waals surface area (Å²) in [7, 11) is 0. The average Bonchev–Trinajstić information content (AvgIpc) is 2.27. The van der Waals surface area contributed by atoms with E-state index in [2.05, 4.69) is 5.16 Å². The molecule has 1 aliphatic rings. The molecule has 5 nitrogen and oxygen atoms in total. The van der Waals surface area contributed by atoms with E-state index in [0.717, 1.165) is 0 Å². The van der Waals surface area contributed by atoms with Crippen LogP contribution in [0.3, 0.4) is 0 Å². The molecule has 1 aliphatic heterocycles. The van der Waals surface area contributed by atoms with Crippen LogP contribution in [-0.2, 0) is 4.74 Å². The second-order valence-electron chi connectivity index (χ2n) is 4.57. The Balaban J connectivity index is 2.77. The van der Waals surface area contributed by atoms with Gasteiger partial charge in [-0.1, -0.05) is 5.16 Å². The summed E-state index contributed by atoms with van der Waals surface area (Å²) in [6.45, 7) is 4.03. The van der Waals surface area contributed by atoms with Gasteiger partial charge in [-0.05, 0) is 13.8 Å². The predicted octanol–water partition coefficient (Wildman–Crippen LogP) is 1.02. The highest BCUT2D eigenvalue weighted by molar-refractivity contribution is 5.83. The third-order valence-corrected chi connectivity index (χ3v) is 3.02. The Morgan fingerprint density at radius 1 is 1.56 bits per heavy atom. The fraction of sp³-hybridized carbons (Fsp3) is 0.900. The van der Waals surface area contributed by atoms with Crippen molar-refractivity contribution in [3.8, 4) is 0 Å². The molecule has 3 unspecified atom stereocenters. The molecule has 3 N–H and O–H groups in total. The van der Waals surface area contributed by atoms with Crippen molar-refractivity contribution >= 4 is 5.84 Å². The van der Waals surface area contributed by atoms with Gasteiger partial charge < -0.3 is 15.7 Å². The minimum atomic E-state index is -4.53. The van der Waals surface area contributed by atoms with E-state index in [4.69, 9.17) is 15.7 Å². The summed E-state index contributed by atoms with van der Waals surface area (Å²) in [5.74, 6) is -2.77. The molecule has 1 fully saturated rings. The fourth-order valence-electron chi connectivity index (χ4n) is 1.90. The largest absolute Gasteiger partial charge is 0.409 e. The van der Waals surface area contributed by atoms with Crippen LogP contribution in [-0.4, -0.2) is 54.0 Å². The lowest BCUT2D eigenvalue weighted by atomic mass is 10.1. The topological polar surface area (TPSA) is 71.1 Å². The van der Waals surface area contributed by atoms with Crippen LogP contribution >= 0.6 is 0 Å². The Hall–Kier alpha value is -1.02. The smallest absolute Gasteiger partial charge is 0.400 e. The number of nitrogens with two attached hydrogens (primary N) is 1. The summed E-state index contributed by atoms with van der Waals surface area (Å²) in [5.41, 5.74) is 5.12. The molecule has 0 aromatic carbocycles. The molecule has 0 amide bonds. The highest BCUT2D eigenvalue weighted by atomic mass is 19.4. The standard InChI is InChI=1S/C10H18F3N3O2/c1-6-5-18-7(2)3-16(6)4-8(9(14)15-17)10(11,12)13/h6-8,17H,3-5H2,1-2H3,(H2,14,15). The van der Waals surface area contributed by atoms with Crippen molar-refractivity contribution in [1.29, 1.82) is 0 Å². The molecule has 1 heterocycles. The van der Waals surface area contributed by atoms with Crippen molar-refractivity contribution in [2.45, 2.75) is 32.2 Å². The monoisotopic (exact) mass is 269 g/mol. The maximum absolute atomic E-state index is 12.8. The van der Waals surface area contributed by atoms with Gasteiger partial charge in [0.1, 0.15) is 5.92 Å². The molecular weight excluding hydrogens is 251 g/mol. The van der Waals surface area contributed by atoms with E-state index in [0.29, 0.717) is 13.2 Å². The van der Waals surface area contributed by atoms with Crippen LogP contribution in [0.25, 0.3) is 0 Å². The molecule has 0 aromatic rings. The zero-order valence-corrected chi connectivity index (χ0v) is 10.3. The molecule has 0 bridgehead atoms. The number of ether oxygens (including phenoxy) is 1. The molecule has 0 saturated carbocycles. The molecule has 106 valence electrons. The van der Waals surface area contributed by atoms with Gasteiger partial charge in [-0.15, -0.1) is 0 Å².